The molecule has 1 aromatic rings. The van der Waals surface area contributed by atoms with Crippen molar-refractivity contribution >= 4 is 12.2 Å². The topological polar surface area (TPSA) is 37.9 Å². The van der Waals surface area contributed by atoms with Crippen LogP contribution in [0.4, 0.5) is 0 Å². The number of H-pyrrole nitrogens is 1. The number of rotatable bonds is 3. The number of aromatic nitrogens is 2. The summed E-state index contributed by atoms with van der Waals surface area (Å²) in [6.07, 6.45) is 6.42. The van der Waals surface area contributed by atoms with E-state index in [4.69, 9.17) is 17.0 Å². The minimum Gasteiger partial charge on any atom is -0.373 e. The second-order valence-electron chi connectivity index (χ2n) is 6.82. The molecule has 1 fully saturated rings. The van der Waals surface area contributed by atoms with E-state index in [-0.39, 0.29) is 11.5 Å². The molecule has 0 spiro atoms. The smallest absolute Gasteiger partial charge is 0.137 e. The lowest BCUT2D eigenvalue weighted by Crippen LogP contribution is -2.22. The van der Waals surface area contributed by atoms with Crippen LogP contribution in [0.15, 0.2) is 6.07 Å². The van der Waals surface area contributed by atoms with Gasteiger partial charge in [0.05, 0.1) is 0 Å². The molecule has 3 nitrogen and oxygen atoms in total. The van der Waals surface area contributed by atoms with E-state index < -0.39 is 0 Å². The molecule has 0 bridgehead atoms. The molecule has 0 radical (unpaired) electrons. The number of aromatic amines is 1. The van der Waals surface area contributed by atoms with Crippen molar-refractivity contribution in [1.29, 1.82) is 0 Å². The van der Waals surface area contributed by atoms with Gasteiger partial charge in [0.2, 0.25) is 0 Å². The van der Waals surface area contributed by atoms with Gasteiger partial charge in [-0.25, -0.2) is 4.98 Å². The third kappa shape index (κ3) is 3.67. The van der Waals surface area contributed by atoms with Crippen molar-refractivity contribution in [2.75, 3.05) is 7.11 Å². The summed E-state index contributed by atoms with van der Waals surface area (Å²) in [6.45, 7) is 6.54. The molecular formula is C16H26N2OS. The maximum Gasteiger partial charge on any atom is 0.137 e. The van der Waals surface area contributed by atoms with E-state index in [1.54, 1.807) is 7.11 Å². The van der Waals surface area contributed by atoms with E-state index in [1.807, 2.05) is 6.07 Å². The fourth-order valence-corrected chi connectivity index (χ4v) is 3.20. The monoisotopic (exact) mass is 294 g/mol. The van der Waals surface area contributed by atoms with E-state index in [1.165, 1.54) is 32.1 Å². The van der Waals surface area contributed by atoms with E-state index in [9.17, 15) is 0 Å². The van der Waals surface area contributed by atoms with Gasteiger partial charge < -0.3 is 9.72 Å². The summed E-state index contributed by atoms with van der Waals surface area (Å²) in [7, 11) is 1.78. The van der Waals surface area contributed by atoms with Crippen LogP contribution >= 0.6 is 12.2 Å². The second kappa shape index (κ2) is 6.35. The van der Waals surface area contributed by atoms with Crippen molar-refractivity contribution in [2.24, 2.45) is 5.92 Å². The Morgan fingerprint density at radius 2 is 1.95 bits per heavy atom. The van der Waals surface area contributed by atoms with Crippen LogP contribution in [0.1, 0.15) is 70.5 Å². The van der Waals surface area contributed by atoms with Crippen LogP contribution in [0.5, 0.6) is 0 Å². The highest BCUT2D eigenvalue weighted by molar-refractivity contribution is 7.71. The van der Waals surface area contributed by atoms with Crippen LogP contribution in [-0.4, -0.2) is 17.1 Å². The van der Waals surface area contributed by atoms with Crippen molar-refractivity contribution in [2.45, 2.75) is 64.4 Å². The molecule has 1 N–H and O–H groups in total. The maximum atomic E-state index is 5.76. The number of methoxy groups -OCH3 is 1. The Balaban J connectivity index is 2.34. The molecule has 0 aliphatic heterocycles. The molecule has 1 aliphatic rings. The lowest BCUT2D eigenvalue weighted by atomic mass is 9.84. The average Bonchev–Trinajstić information content (AvgIpc) is 2.39. The van der Waals surface area contributed by atoms with Gasteiger partial charge in [-0.15, -0.1) is 0 Å². The van der Waals surface area contributed by atoms with Crippen LogP contribution in [0.25, 0.3) is 0 Å². The molecular weight excluding hydrogens is 268 g/mol. The van der Waals surface area contributed by atoms with E-state index >= 15 is 0 Å². The maximum absolute atomic E-state index is 5.76. The zero-order valence-electron chi connectivity index (χ0n) is 13.0. The first-order valence-electron chi connectivity index (χ1n) is 7.56. The van der Waals surface area contributed by atoms with Crippen molar-refractivity contribution in [3.8, 4) is 0 Å². The first kappa shape index (κ1) is 15.6. The number of nitrogens with zero attached hydrogens (tertiary/aromatic N) is 1. The Morgan fingerprint density at radius 3 is 2.50 bits per heavy atom. The summed E-state index contributed by atoms with van der Waals surface area (Å²) in [5.74, 6) is 1.46. The zero-order valence-corrected chi connectivity index (χ0v) is 13.8. The SMILES string of the molecule is COC(c1nc(=S)cc(C(C)(C)C)[nH]1)C1CCCCC1. The Kier molecular flexibility index (Phi) is 4.97. The Bertz CT molecular complexity index is 498. The molecule has 0 aromatic carbocycles. The summed E-state index contributed by atoms with van der Waals surface area (Å²) in [4.78, 5) is 8.00. The summed E-state index contributed by atoms with van der Waals surface area (Å²) in [5.41, 5.74) is 1.17. The van der Waals surface area contributed by atoms with Gasteiger partial charge in [0.1, 0.15) is 16.6 Å². The summed E-state index contributed by atoms with van der Waals surface area (Å²) >= 11 is 5.34. The van der Waals surface area contributed by atoms with Crippen LogP contribution in [-0.2, 0) is 10.2 Å². The van der Waals surface area contributed by atoms with Gasteiger partial charge in [0, 0.05) is 18.2 Å². The largest absolute Gasteiger partial charge is 0.373 e. The molecule has 1 saturated carbocycles. The molecule has 1 aromatic heterocycles. The Labute approximate surface area is 127 Å². The minimum atomic E-state index is 0.0378. The lowest BCUT2D eigenvalue weighted by Gasteiger charge is -2.29. The fourth-order valence-electron chi connectivity index (χ4n) is 2.98. The third-order valence-electron chi connectivity index (χ3n) is 4.17. The zero-order chi connectivity index (χ0) is 14.8. The number of hydrogen-bond donors (Lipinski definition) is 1. The highest BCUT2D eigenvalue weighted by Gasteiger charge is 2.27. The van der Waals surface area contributed by atoms with Crippen LogP contribution < -0.4 is 0 Å². The average molecular weight is 294 g/mol. The highest BCUT2D eigenvalue weighted by atomic mass is 32.1. The van der Waals surface area contributed by atoms with Crippen molar-refractivity contribution in [1.82, 2.24) is 9.97 Å². The normalized spacial score (nSPS) is 19.0. The molecule has 0 amide bonds. The van der Waals surface area contributed by atoms with Crippen LogP contribution in [0.3, 0.4) is 0 Å². The number of ether oxygens (including phenoxy) is 1. The van der Waals surface area contributed by atoms with Gasteiger partial charge in [-0.3, -0.25) is 0 Å². The van der Waals surface area contributed by atoms with Gasteiger partial charge in [-0.05, 0) is 24.8 Å². The van der Waals surface area contributed by atoms with Gasteiger partial charge in [0.15, 0.2) is 0 Å². The molecule has 1 unspecified atom stereocenters. The molecule has 2 rings (SSSR count). The van der Waals surface area contributed by atoms with Crippen LogP contribution in [0, 0.1) is 10.6 Å². The lowest BCUT2D eigenvalue weighted by molar-refractivity contribution is 0.0285. The molecule has 1 heterocycles. The summed E-state index contributed by atoms with van der Waals surface area (Å²) in [5, 5.41) is 0. The summed E-state index contributed by atoms with van der Waals surface area (Å²) in [6, 6.07) is 1.96. The van der Waals surface area contributed by atoms with E-state index in [0.29, 0.717) is 10.6 Å². The van der Waals surface area contributed by atoms with E-state index in [0.717, 1.165) is 11.5 Å². The molecule has 0 saturated heterocycles. The number of hydrogen-bond acceptors (Lipinski definition) is 3. The Hall–Kier alpha value is -0.740. The summed E-state index contributed by atoms with van der Waals surface area (Å²) < 4.78 is 6.41. The second-order valence-corrected chi connectivity index (χ2v) is 7.24. The first-order chi connectivity index (χ1) is 9.41. The fraction of sp³-hybridized carbons (Fsp3) is 0.750. The van der Waals surface area contributed by atoms with Gasteiger partial charge in [-0.2, -0.15) is 0 Å². The first-order valence-corrected chi connectivity index (χ1v) is 7.97. The third-order valence-corrected chi connectivity index (χ3v) is 4.38. The van der Waals surface area contributed by atoms with Crippen molar-refractivity contribution < 1.29 is 4.74 Å². The van der Waals surface area contributed by atoms with Crippen LogP contribution in [0.2, 0.25) is 0 Å². The van der Waals surface area contributed by atoms with Gasteiger partial charge in [0.25, 0.3) is 0 Å². The standard InChI is InChI=1S/C16H26N2OS/c1-16(2,3)12-10-13(20)18-15(17-12)14(19-4)11-8-6-5-7-9-11/h10-11,14H,5-9H2,1-4H3,(H,17,18,20). The van der Waals surface area contributed by atoms with E-state index in [2.05, 4.69) is 30.7 Å². The predicted molar refractivity (Wildman–Crippen MR) is 84.4 cm³/mol. The van der Waals surface area contributed by atoms with Gasteiger partial charge in [-0.1, -0.05) is 52.3 Å². The van der Waals surface area contributed by atoms with Crippen molar-refractivity contribution in [3.63, 3.8) is 0 Å². The number of nitrogens with one attached hydrogen (secondary N) is 1. The van der Waals surface area contributed by atoms with Gasteiger partial charge >= 0.3 is 0 Å². The molecule has 112 valence electrons. The molecule has 4 heteroatoms. The quantitative estimate of drug-likeness (QED) is 0.821. The molecule has 1 aliphatic carbocycles. The molecule has 20 heavy (non-hydrogen) atoms. The minimum absolute atomic E-state index is 0.0378. The predicted octanol–water partition coefficient (Wildman–Crippen LogP) is 4.70. The molecule has 1 atom stereocenters. The Morgan fingerprint density at radius 1 is 1.30 bits per heavy atom. The van der Waals surface area contributed by atoms with Crippen molar-refractivity contribution in [3.05, 3.63) is 22.2 Å². The highest BCUT2D eigenvalue weighted by Crippen LogP contribution is 2.35.